The zero-order chi connectivity index (χ0) is 22.6. The van der Waals surface area contributed by atoms with Gasteiger partial charge in [0, 0.05) is 40.8 Å². The lowest BCUT2D eigenvalue weighted by molar-refractivity contribution is -0.527. The number of para-hydroxylation sites is 1. The lowest BCUT2D eigenvalue weighted by Gasteiger charge is -2.38. The second-order valence-corrected chi connectivity index (χ2v) is 8.94. The van der Waals surface area contributed by atoms with Crippen molar-refractivity contribution in [2.75, 3.05) is 4.90 Å². The van der Waals surface area contributed by atoms with E-state index in [0.717, 1.165) is 18.5 Å². The van der Waals surface area contributed by atoms with Crippen LogP contribution in [0.25, 0.3) is 11.4 Å². The van der Waals surface area contributed by atoms with Crippen LogP contribution in [0.15, 0.2) is 103 Å². The highest BCUT2D eigenvalue weighted by Gasteiger charge is 2.34. The van der Waals surface area contributed by atoms with Crippen LogP contribution in [0.2, 0.25) is 0 Å². The minimum atomic E-state index is -0.388. The van der Waals surface area contributed by atoms with E-state index in [9.17, 15) is 10.1 Å². The normalized spacial score (nSPS) is 21.3. The van der Waals surface area contributed by atoms with Gasteiger partial charge in [0.15, 0.2) is 0 Å². The van der Waals surface area contributed by atoms with Crippen LogP contribution in [0.3, 0.4) is 0 Å². The highest BCUT2D eigenvalue weighted by molar-refractivity contribution is 5.97. The lowest BCUT2D eigenvalue weighted by atomic mass is 9.76. The minimum absolute atomic E-state index is 0.0926. The standard InChI is InChI=1S/C29H28N2O2/c32-31(33)27-18-16-22(17-19-27)25-20-28(23-10-4-1-5-11-23)30(26-14-8-3-9-15-26)29(21-25)24-12-6-2-7-13-24/h1-15,20-22,25,27H,16-19H2. The molecule has 0 N–H and O–H groups in total. The van der Waals surface area contributed by atoms with Gasteiger partial charge in [-0.1, -0.05) is 91.0 Å². The molecule has 0 spiro atoms. The molecule has 1 fully saturated rings. The Morgan fingerprint density at radius 2 is 1.12 bits per heavy atom. The summed E-state index contributed by atoms with van der Waals surface area (Å²) in [7, 11) is 0. The van der Waals surface area contributed by atoms with E-state index in [1.54, 1.807) is 0 Å². The van der Waals surface area contributed by atoms with Crippen molar-refractivity contribution < 1.29 is 4.92 Å². The molecule has 1 saturated carbocycles. The molecule has 5 rings (SSSR count). The molecular weight excluding hydrogens is 408 g/mol. The fourth-order valence-electron chi connectivity index (χ4n) is 5.18. The summed E-state index contributed by atoms with van der Waals surface area (Å²) in [6, 6.07) is 31.2. The summed E-state index contributed by atoms with van der Waals surface area (Å²) < 4.78 is 0. The fourth-order valence-corrected chi connectivity index (χ4v) is 5.18. The highest BCUT2D eigenvalue weighted by Crippen LogP contribution is 2.43. The van der Waals surface area contributed by atoms with Crippen LogP contribution in [0.5, 0.6) is 0 Å². The van der Waals surface area contributed by atoms with E-state index in [1.165, 1.54) is 22.5 Å². The summed E-state index contributed by atoms with van der Waals surface area (Å²) >= 11 is 0. The number of nitro groups is 1. The van der Waals surface area contributed by atoms with Crippen molar-refractivity contribution in [3.63, 3.8) is 0 Å². The third kappa shape index (κ3) is 4.47. The first-order valence-electron chi connectivity index (χ1n) is 11.7. The van der Waals surface area contributed by atoms with Crippen molar-refractivity contribution in [2.45, 2.75) is 31.7 Å². The van der Waals surface area contributed by atoms with Gasteiger partial charge in [-0.15, -0.1) is 0 Å². The Bertz CT molecular complexity index is 1090. The molecule has 0 saturated heterocycles. The summed E-state index contributed by atoms with van der Waals surface area (Å²) in [5, 5.41) is 11.3. The summed E-state index contributed by atoms with van der Waals surface area (Å²) in [5.41, 5.74) is 5.81. The lowest BCUT2D eigenvalue weighted by Crippen LogP contribution is -2.31. The zero-order valence-corrected chi connectivity index (χ0v) is 18.6. The Balaban J connectivity index is 1.60. The van der Waals surface area contributed by atoms with E-state index in [1.807, 2.05) is 18.2 Å². The van der Waals surface area contributed by atoms with Crippen LogP contribution in [-0.4, -0.2) is 11.0 Å². The SMILES string of the molecule is O=[N+]([O-])C1CCC(C2C=C(c3ccccc3)N(c3ccccc3)C(c3ccccc3)=C2)CC1. The van der Waals surface area contributed by atoms with Crippen molar-refractivity contribution in [3.8, 4) is 0 Å². The predicted octanol–water partition coefficient (Wildman–Crippen LogP) is 7.04. The number of nitrogens with zero attached hydrogens (tertiary/aromatic N) is 2. The van der Waals surface area contributed by atoms with Crippen LogP contribution >= 0.6 is 0 Å². The first kappa shape index (κ1) is 21.2. The number of rotatable bonds is 5. The smallest absolute Gasteiger partial charge is 0.213 e. The molecule has 166 valence electrons. The fraction of sp³-hybridized carbons (Fsp3) is 0.241. The Labute approximate surface area is 195 Å². The van der Waals surface area contributed by atoms with Crippen molar-refractivity contribution in [2.24, 2.45) is 11.8 Å². The monoisotopic (exact) mass is 436 g/mol. The molecule has 0 aromatic heterocycles. The Morgan fingerprint density at radius 3 is 1.58 bits per heavy atom. The molecule has 2 aliphatic rings. The van der Waals surface area contributed by atoms with Crippen molar-refractivity contribution in [1.29, 1.82) is 0 Å². The van der Waals surface area contributed by atoms with Crippen LogP contribution in [0.4, 0.5) is 5.69 Å². The number of allylic oxidation sites excluding steroid dienone is 2. The largest absolute Gasteiger partial charge is 0.310 e. The average molecular weight is 437 g/mol. The van der Waals surface area contributed by atoms with E-state index in [0.29, 0.717) is 18.8 Å². The summed E-state index contributed by atoms with van der Waals surface area (Å²) in [6.07, 6.45) is 7.87. The van der Waals surface area contributed by atoms with Crippen molar-refractivity contribution in [3.05, 3.63) is 124 Å². The van der Waals surface area contributed by atoms with Crippen molar-refractivity contribution in [1.82, 2.24) is 0 Å². The first-order chi connectivity index (χ1) is 16.2. The van der Waals surface area contributed by atoms with Gasteiger partial charge in [0.2, 0.25) is 6.04 Å². The summed E-state index contributed by atoms with van der Waals surface area (Å²) in [4.78, 5) is 13.5. The molecule has 3 aromatic carbocycles. The van der Waals surface area contributed by atoms with Crippen LogP contribution in [0.1, 0.15) is 36.8 Å². The van der Waals surface area contributed by atoms with Crippen molar-refractivity contribution >= 4 is 17.1 Å². The Hall–Kier alpha value is -3.66. The molecule has 0 amide bonds. The number of hydrogen-bond acceptors (Lipinski definition) is 3. The molecule has 33 heavy (non-hydrogen) atoms. The van der Waals surface area contributed by atoms with Gasteiger partial charge in [-0.05, 0) is 42.0 Å². The van der Waals surface area contributed by atoms with Gasteiger partial charge in [-0.2, -0.15) is 0 Å². The highest BCUT2D eigenvalue weighted by atomic mass is 16.6. The molecule has 1 aliphatic carbocycles. The summed E-state index contributed by atoms with van der Waals surface area (Å²) in [5.74, 6) is 0.652. The second-order valence-electron chi connectivity index (χ2n) is 8.94. The van der Waals surface area contributed by atoms with Gasteiger partial charge in [0.1, 0.15) is 0 Å². The third-order valence-electron chi connectivity index (χ3n) is 6.92. The van der Waals surface area contributed by atoms with Gasteiger partial charge in [0.25, 0.3) is 0 Å². The number of benzene rings is 3. The van der Waals surface area contributed by atoms with Crippen LogP contribution < -0.4 is 4.90 Å². The molecular formula is C29H28N2O2. The Morgan fingerprint density at radius 1 is 0.667 bits per heavy atom. The second kappa shape index (κ2) is 9.45. The zero-order valence-electron chi connectivity index (χ0n) is 18.6. The molecule has 0 radical (unpaired) electrons. The minimum Gasteiger partial charge on any atom is -0.310 e. The molecule has 4 nitrogen and oxygen atoms in total. The average Bonchev–Trinajstić information content (AvgIpc) is 2.89. The number of hydrogen-bond donors (Lipinski definition) is 0. The maximum atomic E-state index is 11.3. The van der Waals surface area contributed by atoms with Gasteiger partial charge < -0.3 is 4.90 Å². The maximum Gasteiger partial charge on any atom is 0.213 e. The number of anilines is 1. The molecule has 3 aromatic rings. The summed E-state index contributed by atoms with van der Waals surface area (Å²) in [6.45, 7) is 0. The van der Waals surface area contributed by atoms with E-state index in [-0.39, 0.29) is 16.9 Å². The molecule has 1 heterocycles. The van der Waals surface area contributed by atoms with Crippen LogP contribution in [-0.2, 0) is 0 Å². The van der Waals surface area contributed by atoms with E-state index >= 15 is 0 Å². The third-order valence-corrected chi connectivity index (χ3v) is 6.92. The first-order valence-corrected chi connectivity index (χ1v) is 11.7. The topological polar surface area (TPSA) is 46.4 Å². The van der Waals surface area contributed by atoms with E-state index < -0.39 is 0 Å². The van der Waals surface area contributed by atoms with Gasteiger partial charge in [0.05, 0.1) is 0 Å². The van der Waals surface area contributed by atoms with Gasteiger partial charge in [-0.3, -0.25) is 10.1 Å². The predicted molar refractivity (Wildman–Crippen MR) is 134 cm³/mol. The molecule has 4 heteroatoms. The maximum absolute atomic E-state index is 11.3. The Kier molecular flexibility index (Phi) is 6.07. The van der Waals surface area contributed by atoms with Crippen LogP contribution in [0, 0.1) is 22.0 Å². The van der Waals surface area contributed by atoms with E-state index in [2.05, 4.69) is 89.8 Å². The molecule has 0 atom stereocenters. The van der Waals surface area contributed by atoms with E-state index in [4.69, 9.17) is 0 Å². The van der Waals surface area contributed by atoms with Gasteiger partial charge in [-0.25, -0.2) is 0 Å². The van der Waals surface area contributed by atoms with Gasteiger partial charge >= 0.3 is 0 Å². The molecule has 0 unspecified atom stereocenters. The quantitative estimate of drug-likeness (QED) is 0.318. The molecule has 0 bridgehead atoms. The molecule has 1 aliphatic heterocycles.